The third-order valence-electron chi connectivity index (χ3n) is 3.80. The maximum absolute atomic E-state index is 12.2. The zero-order valence-electron chi connectivity index (χ0n) is 12.5. The van der Waals surface area contributed by atoms with Gasteiger partial charge in [-0.05, 0) is 30.9 Å². The second-order valence-electron chi connectivity index (χ2n) is 5.58. The van der Waals surface area contributed by atoms with E-state index in [0.29, 0.717) is 0 Å². The van der Waals surface area contributed by atoms with Crippen LogP contribution in [0.4, 0.5) is 13.2 Å². The first kappa shape index (κ1) is 17.5. The Labute approximate surface area is 131 Å². The summed E-state index contributed by atoms with van der Waals surface area (Å²) >= 11 is 0. The van der Waals surface area contributed by atoms with Crippen LogP contribution in [0.15, 0.2) is 18.3 Å². The minimum absolute atomic E-state index is 0.0527. The molecule has 1 aliphatic rings. The van der Waals surface area contributed by atoms with Gasteiger partial charge in [0.2, 0.25) is 5.88 Å². The highest BCUT2D eigenvalue weighted by atomic mass is 19.4. The van der Waals surface area contributed by atoms with E-state index in [1.54, 1.807) is 0 Å². The molecule has 128 valence electrons. The average molecular weight is 332 g/mol. The number of halogens is 3. The van der Waals surface area contributed by atoms with Crippen LogP contribution in [0.5, 0.6) is 5.88 Å². The van der Waals surface area contributed by atoms with Crippen LogP contribution in [-0.4, -0.2) is 41.4 Å². The van der Waals surface area contributed by atoms with Crippen molar-refractivity contribution in [2.45, 2.75) is 38.0 Å². The lowest BCUT2D eigenvalue weighted by molar-refractivity contribution is -0.154. The first-order valence-corrected chi connectivity index (χ1v) is 7.47. The van der Waals surface area contributed by atoms with Crippen LogP contribution < -0.4 is 10.1 Å². The maximum atomic E-state index is 12.2. The van der Waals surface area contributed by atoms with Crippen molar-refractivity contribution in [2.24, 2.45) is 5.92 Å². The minimum atomic E-state index is -4.51. The summed E-state index contributed by atoms with van der Waals surface area (Å²) < 4.78 is 41.2. The van der Waals surface area contributed by atoms with Gasteiger partial charge in [0, 0.05) is 12.7 Å². The number of aliphatic hydroxyl groups is 1. The fraction of sp³-hybridized carbons (Fsp3) is 0.600. The summed E-state index contributed by atoms with van der Waals surface area (Å²) in [6, 6.07) is 2.76. The minimum Gasteiger partial charge on any atom is -0.467 e. The fourth-order valence-electron chi connectivity index (χ4n) is 2.63. The van der Waals surface area contributed by atoms with Gasteiger partial charge in [0.25, 0.3) is 5.91 Å². The summed E-state index contributed by atoms with van der Waals surface area (Å²) in [6.07, 6.45) is 0.0484. The topological polar surface area (TPSA) is 71.5 Å². The van der Waals surface area contributed by atoms with Crippen molar-refractivity contribution < 1.29 is 27.8 Å². The largest absolute Gasteiger partial charge is 0.467 e. The molecule has 1 atom stereocenters. The molecule has 1 aliphatic carbocycles. The quantitative estimate of drug-likeness (QED) is 0.838. The number of rotatable bonds is 6. The molecule has 1 saturated carbocycles. The highest BCUT2D eigenvalue weighted by Crippen LogP contribution is 2.27. The van der Waals surface area contributed by atoms with Crippen molar-refractivity contribution in [3.63, 3.8) is 0 Å². The number of hydrogen-bond acceptors (Lipinski definition) is 4. The predicted molar refractivity (Wildman–Crippen MR) is 76.1 cm³/mol. The van der Waals surface area contributed by atoms with E-state index in [1.807, 2.05) is 0 Å². The van der Waals surface area contributed by atoms with Crippen LogP contribution in [0.2, 0.25) is 0 Å². The number of aromatic nitrogens is 1. The number of alkyl halides is 3. The van der Waals surface area contributed by atoms with Crippen molar-refractivity contribution in [1.29, 1.82) is 0 Å². The zero-order chi connectivity index (χ0) is 16.9. The van der Waals surface area contributed by atoms with E-state index >= 15 is 0 Å². The molecule has 1 amide bonds. The van der Waals surface area contributed by atoms with Gasteiger partial charge in [-0.25, -0.2) is 4.98 Å². The van der Waals surface area contributed by atoms with Crippen LogP contribution in [0.1, 0.15) is 36.0 Å². The Kier molecular flexibility index (Phi) is 5.81. The Morgan fingerprint density at radius 2 is 2.13 bits per heavy atom. The summed E-state index contributed by atoms with van der Waals surface area (Å²) in [5.74, 6) is -0.838. The van der Waals surface area contributed by atoms with Crippen LogP contribution in [0.25, 0.3) is 0 Å². The lowest BCUT2D eigenvalue weighted by Gasteiger charge is -2.18. The van der Waals surface area contributed by atoms with Crippen molar-refractivity contribution in [3.8, 4) is 5.88 Å². The van der Waals surface area contributed by atoms with Gasteiger partial charge in [-0.3, -0.25) is 4.79 Å². The number of ether oxygens (including phenoxy) is 1. The number of amides is 1. The lowest BCUT2D eigenvalue weighted by atomic mass is 10.0. The molecule has 1 aromatic heterocycles. The smallest absolute Gasteiger partial charge is 0.422 e. The van der Waals surface area contributed by atoms with Crippen LogP contribution in [0, 0.1) is 5.92 Å². The van der Waals surface area contributed by atoms with Crippen molar-refractivity contribution in [2.75, 3.05) is 13.2 Å². The third kappa shape index (κ3) is 5.38. The lowest BCUT2D eigenvalue weighted by Crippen LogP contribution is -2.36. The van der Waals surface area contributed by atoms with Crippen LogP contribution in [0.3, 0.4) is 0 Å². The highest BCUT2D eigenvalue weighted by Gasteiger charge is 2.30. The first-order chi connectivity index (χ1) is 10.9. The van der Waals surface area contributed by atoms with Crippen molar-refractivity contribution >= 4 is 5.91 Å². The molecular formula is C15H19F3N2O3. The molecule has 2 rings (SSSR count). The SMILES string of the molecule is O=C(NCC(O)C1CCCC1)c1cccnc1OCC(F)(F)F. The van der Waals surface area contributed by atoms with Crippen molar-refractivity contribution in [3.05, 3.63) is 23.9 Å². The molecule has 8 heteroatoms. The Morgan fingerprint density at radius 1 is 1.43 bits per heavy atom. The molecule has 1 fully saturated rings. The second-order valence-corrected chi connectivity index (χ2v) is 5.58. The monoisotopic (exact) mass is 332 g/mol. The van der Waals surface area contributed by atoms with E-state index < -0.39 is 24.8 Å². The molecule has 0 aliphatic heterocycles. The van der Waals surface area contributed by atoms with E-state index in [1.165, 1.54) is 18.3 Å². The number of hydrogen-bond donors (Lipinski definition) is 2. The molecule has 0 saturated heterocycles. The highest BCUT2D eigenvalue weighted by molar-refractivity contribution is 5.96. The van der Waals surface area contributed by atoms with Gasteiger partial charge < -0.3 is 15.2 Å². The van der Waals surface area contributed by atoms with E-state index in [-0.39, 0.29) is 23.9 Å². The average Bonchev–Trinajstić information content (AvgIpc) is 3.04. The fourth-order valence-corrected chi connectivity index (χ4v) is 2.63. The number of carbonyl (C=O) groups excluding carboxylic acids is 1. The third-order valence-corrected chi connectivity index (χ3v) is 3.80. The van der Waals surface area contributed by atoms with Gasteiger partial charge in [0.1, 0.15) is 5.56 Å². The standard InChI is InChI=1S/C15H19F3N2O3/c16-15(17,18)9-23-14-11(6-3-7-19-14)13(22)20-8-12(21)10-4-1-2-5-10/h3,6-7,10,12,21H,1-2,4-5,8-9H2,(H,20,22). The molecule has 0 radical (unpaired) electrons. The van der Waals surface area contributed by atoms with Crippen LogP contribution >= 0.6 is 0 Å². The Hall–Kier alpha value is -1.83. The number of aliphatic hydroxyl groups excluding tert-OH is 1. The second kappa shape index (κ2) is 7.63. The molecule has 0 aromatic carbocycles. The zero-order valence-corrected chi connectivity index (χ0v) is 12.5. The molecular weight excluding hydrogens is 313 g/mol. The molecule has 1 aromatic rings. The van der Waals surface area contributed by atoms with Gasteiger partial charge in [0.15, 0.2) is 6.61 Å². The normalized spacial score (nSPS) is 17.0. The summed E-state index contributed by atoms with van der Waals surface area (Å²) in [4.78, 5) is 15.7. The molecule has 2 N–H and O–H groups in total. The molecule has 1 heterocycles. The van der Waals surface area contributed by atoms with Gasteiger partial charge in [-0.1, -0.05) is 12.8 Å². The van der Waals surface area contributed by atoms with Gasteiger partial charge in [-0.15, -0.1) is 0 Å². The Morgan fingerprint density at radius 3 is 2.78 bits per heavy atom. The van der Waals surface area contributed by atoms with E-state index in [2.05, 4.69) is 15.0 Å². The Balaban J connectivity index is 1.93. The summed E-state index contributed by atoms with van der Waals surface area (Å²) in [7, 11) is 0. The predicted octanol–water partition coefficient (Wildman–Crippen LogP) is 2.30. The molecule has 0 bridgehead atoms. The summed E-state index contributed by atoms with van der Waals surface area (Å²) in [6.45, 7) is -1.47. The number of nitrogens with one attached hydrogen (secondary N) is 1. The van der Waals surface area contributed by atoms with E-state index in [0.717, 1.165) is 25.7 Å². The van der Waals surface area contributed by atoms with E-state index in [9.17, 15) is 23.1 Å². The number of pyridine rings is 1. The van der Waals surface area contributed by atoms with Gasteiger partial charge >= 0.3 is 6.18 Å². The number of nitrogens with zero attached hydrogens (tertiary/aromatic N) is 1. The maximum Gasteiger partial charge on any atom is 0.422 e. The van der Waals surface area contributed by atoms with Gasteiger partial charge in [-0.2, -0.15) is 13.2 Å². The summed E-state index contributed by atoms with van der Waals surface area (Å²) in [5.41, 5.74) is -0.0876. The first-order valence-electron chi connectivity index (χ1n) is 7.47. The van der Waals surface area contributed by atoms with Gasteiger partial charge in [0.05, 0.1) is 6.10 Å². The molecule has 5 nitrogen and oxygen atoms in total. The molecule has 1 unspecified atom stereocenters. The van der Waals surface area contributed by atoms with Crippen LogP contribution in [-0.2, 0) is 0 Å². The molecule has 23 heavy (non-hydrogen) atoms. The Bertz CT molecular complexity index is 531. The summed E-state index contributed by atoms with van der Waals surface area (Å²) in [5, 5.41) is 12.5. The number of carbonyl (C=O) groups is 1. The van der Waals surface area contributed by atoms with Crippen molar-refractivity contribution in [1.82, 2.24) is 10.3 Å². The van der Waals surface area contributed by atoms with E-state index in [4.69, 9.17) is 0 Å². The molecule has 0 spiro atoms.